The lowest BCUT2D eigenvalue weighted by Gasteiger charge is -2.16. The van der Waals surface area contributed by atoms with Crippen molar-refractivity contribution in [1.82, 2.24) is 0 Å². The van der Waals surface area contributed by atoms with Crippen LogP contribution in [-0.4, -0.2) is 28.5 Å². The number of nitriles is 1. The first-order valence-electron chi connectivity index (χ1n) is 8.91. The molecule has 1 amide bonds. The Morgan fingerprint density at radius 1 is 1.24 bits per heavy atom. The van der Waals surface area contributed by atoms with E-state index in [-0.39, 0.29) is 29.2 Å². The number of aliphatic carboxylic acids is 1. The number of nitro groups is 1. The van der Waals surface area contributed by atoms with Crippen LogP contribution in [0.1, 0.15) is 24.8 Å². The van der Waals surface area contributed by atoms with Crippen molar-refractivity contribution in [3.63, 3.8) is 0 Å². The van der Waals surface area contributed by atoms with Gasteiger partial charge in [0.15, 0.2) is 0 Å². The number of nitrogens with zero attached hydrogens (tertiary/aromatic N) is 3. The minimum Gasteiger partial charge on any atom is -0.478 e. The molecule has 2 aromatic carbocycles. The zero-order valence-electron chi connectivity index (χ0n) is 15.4. The summed E-state index contributed by atoms with van der Waals surface area (Å²) >= 11 is 0. The van der Waals surface area contributed by atoms with Gasteiger partial charge in [0.2, 0.25) is 5.91 Å². The molecule has 3 rings (SSSR count). The summed E-state index contributed by atoms with van der Waals surface area (Å²) in [7, 11) is 0. The first-order valence-corrected chi connectivity index (χ1v) is 8.91. The molecule has 0 saturated carbocycles. The van der Waals surface area contributed by atoms with Gasteiger partial charge in [-0.3, -0.25) is 14.9 Å². The molecule has 0 atom stereocenters. The number of carboxylic acid groups (broad SMARTS) is 1. The van der Waals surface area contributed by atoms with E-state index in [9.17, 15) is 24.8 Å². The zero-order chi connectivity index (χ0) is 21.0. The van der Waals surface area contributed by atoms with Crippen LogP contribution in [-0.2, 0) is 9.59 Å². The molecule has 29 heavy (non-hydrogen) atoms. The van der Waals surface area contributed by atoms with Gasteiger partial charge >= 0.3 is 5.97 Å². The van der Waals surface area contributed by atoms with E-state index in [0.717, 1.165) is 23.7 Å². The van der Waals surface area contributed by atoms with Gasteiger partial charge in [-0.25, -0.2) is 4.79 Å². The van der Waals surface area contributed by atoms with E-state index >= 15 is 0 Å². The molecule has 0 unspecified atom stereocenters. The van der Waals surface area contributed by atoms with Crippen LogP contribution in [0.5, 0.6) is 0 Å². The smallest absolute Gasteiger partial charge is 0.332 e. The van der Waals surface area contributed by atoms with E-state index in [1.165, 1.54) is 12.1 Å². The number of amides is 1. The molecule has 1 fully saturated rings. The van der Waals surface area contributed by atoms with Crippen molar-refractivity contribution in [2.24, 2.45) is 0 Å². The largest absolute Gasteiger partial charge is 0.478 e. The van der Waals surface area contributed by atoms with Crippen LogP contribution in [0.25, 0.3) is 17.2 Å². The highest BCUT2D eigenvalue weighted by molar-refractivity contribution is 5.96. The average molecular weight is 391 g/mol. The third-order valence-electron chi connectivity index (χ3n) is 4.68. The van der Waals surface area contributed by atoms with Crippen molar-refractivity contribution in [3.05, 3.63) is 63.7 Å². The summed E-state index contributed by atoms with van der Waals surface area (Å²) in [6.45, 7) is 0.682. The Hall–Kier alpha value is -3.99. The second-order valence-electron chi connectivity index (χ2n) is 6.54. The maximum atomic E-state index is 11.9. The molecule has 1 N–H and O–H groups in total. The van der Waals surface area contributed by atoms with Crippen molar-refractivity contribution >= 4 is 29.3 Å². The van der Waals surface area contributed by atoms with Crippen LogP contribution in [0.2, 0.25) is 0 Å². The van der Waals surface area contributed by atoms with Crippen molar-refractivity contribution in [2.75, 3.05) is 11.4 Å². The normalized spacial score (nSPS) is 14.0. The van der Waals surface area contributed by atoms with Crippen molar-refractivity contribution in [1.29, 1.82) is 5.26 Å². The summed E-state index contributed by atoms with van der Waals surface area (Å²) in [6.07, 6.45) is 2.15. The number of rotatable bonds is 6. The first kappa shape index (κ1) is 19.8. The van der Waals surface area contributed by atoms with Crippen LogP contribution < -0.4 is 4.90 Å². The molecule has 8 heteroatoms. The van der Waals surface area contributed by atoms with E-state index in [4.69, 9.17) is 5.26 Å². The van der Waals surface area contributed by atoms with Crippen molar-refractivity contribution in [3.8, 4) is 17.2 Å². The van der Waals surface area contributed by atoms with Gasteiger partial charge in [0.1, 0.15) is 0 Å². The summed E-state index contributed by atoms with van der Waals surface area (Å²) in [6, 6.07) is 13.4. The van der Waals surface area contributed by atoms with Gasteiger partial charge < -0.3 is 10.0 Å². The highest BCUT2D eigenvalue weighted by Gasteiger charge is 2.21. The van der Waals surface area contributed by atoms with E-state index in [0.29, 0.717) is 18.5 Å². The Labute approximate surface area is 166 Å². The second kappa shape index (κ2) is 8.35. The second-order valence-corrected chi connectivity index (χ2v) is 6.54. The lowest BCUT2D eigenvalue weighted by molar-refractivity contribution is -0.385. The monoisotopic (exact) mass is 391 g/mol. The fraction of sp³-hybridized carbons (Fsp3) is 0.190. The standard InChI is InChI=1S/C21H17N3O5/c22-10-9-16(21(26)27)13-17-12-15(5-8-19(17)24(28)29)14-3-6-18(7-4-14)23-11-1-2-20(23)25/h3-8,12-13H,1-2,9,11H2,(H,26,27). The topological polar surface area (TPSA) is 125 Å². The third-order valence-corrected chi connectivity index (χ3v) is 4.68. The van der Waals surface area contributed by atoms with Gasteiger partial charge in [-0.1, -0.05) is 12.1 Å². The van der Waals surface area contributed by atoms with Crippen LogP contribution in [0.4, 0.5) is 11.4 Å². The number of carbonyl (C=O) groups excluding carboxylic acids is 1. The maximum absolute atomic E-state index is 11.9. The lowest BCUT2D eigenvalue weighted by atomic mass is 9.99. The predicted molar refractivity (Wildman–Crippen MR) is 106 cm³/mol. The quantitative estimate of drug-likeness (QED) is 0.454. The molecule has 0 spiro atoms. The summed E-state index contributed by atoms with van der Waals surface area (Å²) < 4.78 is 0. The van der Waals surface area contributed by atoms with Crippen molar-refractivity contribution in [2.45, 2.75) is 19.3 Å². The number of benzene rings is 2. The number of anilines is 1. The van der Waals surface area contributed by atoms with Gasteiger partial charge in [0, 0.05) is 24.7 Å². The van der Waals surface area contributed by atoms with Gasteiger partial charge in [-0.15, -0.1) is 0 Å². The molecule has 0 aliphatic carbocycles. The zero-order valence-corrected chi connectivity index (χ0v) is 15.4. The highest BCUT2D eigenvalue weighted by atomic mass is 16.6. The molecule has 1 aliphatic heterocycles. The number of carbonyl (C=O) groups is 2. The molecule has 1 heterocycles. The van der Waals surface area contributed by atoms with E-state index in [2.05, 4.69) is 0 Å². The van der Waals surface area contributed by atoms with Crippen LogP contribution in [0, 0.1) is 21.4 Å². The average Bonchev–Trinajstić information content (AvgIpc) is 3.13. The minimum atomic E-state index is -1.30. The minimum absolute atomic E-state index is 0.0826. The Balaban J connectivity index is 1.99. The number of nitro benzene ring substituents is 1. The molecule has 1 saturated heterocycles. The summed E-state index contributed by atoms with van der Waals surface area (Å²) in [4.78, 5) is 35.6. The molecular weight excluding hydrogens is 374 g/mol. The van der Waals surface area contributed by atoms with E-state index in [1.54, 1.807) is 17.0 Å². The fourth-order valence-corrected chi connectivity index (χ4v) is 3.23. The Morgan fingerprint density at radius 3 is 2.48 bits per heavy atom. The summed E-state index contributed by atoms with van der Waals surface area (Å²) in [5.74, 6) is -1.22. The molecule has 0 bridgehead atoms. The van der Waals surface area contributed by atoms with Gasteiger partial charge in [0.25, 0.3) is 5.69 Å². The molecule has 2 aromatic rings. The SMILES string of the molecule is N#CCC(=Cc1cc(-c2ccc(N3CCCC3=O)cc2)ccc1[N+](=O)[O-])C(=O)O. The van der Waals surface area contributed by atoms with Crippen LogP contribution in [0.15, 0.2) is 48.0 Å². The van der Waals surface area contributed by atoms with Crippen LogP contribution >= 0.6 is 0 Å². The molecule has 1 aliphatic rings. The maximum Gasteiger partial charge on any atom is 0.332 e. The summed E-state index contributed by atoms with van der Waals surface area (Å²) in [5, 5.41) is 29.3. The molecule has 146 valence electrons. The number of hydrogen-bond acceptors (Lipinski definition) is 5. The Kier molecular flexibility index (Phi) is 5.69. The fourth-order valence-electron chi connectivity index (χ4n) is 3.23. The number of carboxylic acids is 1. The highest BCUT2D eigenvalue weighted by Crippen LogP contribution is 2.30. The van der Waals surface area contributed by atoms with Gasteiger partial charge in [-0.2, -0.15) is 5.26 Å². The predicted octanol–water partition coefficient (Wildman–Crippen LogP) is 3.77. The number of hydrogen-bond donors (Lipinski definition) is 1. The van der Waals surface area contributed by atoms with Gasteiger partial charge in [-0.05, 0) is 47.9 Å². The van der Waals surface area contributed by atoms with Crippen molar-refractivity contribution < 1.29 is 19.6 Å². The first-order chi connectivity index (χ1) is 13.9. The lowest BCUT2D eigenvalue weighted by Crippen LogP contribution is -2.23. The van der Waals surface area contributed by atoms with E-state index in [1.807, 2.05) is 24.3 Å². The molecular formula is C21H17N3O5. The Morgan fingerprint density at radius 2 is 1.93 bits per heavy atom. The molecule has 8 nitrogen and oxygen atoms in total. The van der Waals surface area contributed by atoms with E-state index < -0.39 is 10.9 Å². The summed E-state index contributed by atoms with van der Waals surface area (Å²) in [5.41, 5.74) is 1.85. The van der Waals surface area contributed by atoms with Gasteiger partial charge in [0.05, 0.1) is 28.5 Å². The molecule has 0 aromatic heterocycles. The van der Waals surface area contributed by atoms with Crippen LogP contribution in [0.3, 0.4) is 0 Å². The third kappa shape index (κ3) is 4.30. The Bertz CT molecular complexity index is 1050. The molecule has 0 radical (unpaired) electrons.